The number of aliphatic imine (C=N–C) groups is 1. The molecule has 2 heterocycles. The first-order valence-electron chi connectivity index (χ1n) is 8.26. The van der Waals surface area contributed by atoms with Crippen LogP contribution in [0.2, 0.25) is 0 Å². The van der Waals surface area contributed by atoms with E-state index in [0.29, 0.717) is 0 Å². The van der Waals surface area contributed by atoms with E-state index in [-0.39, 0.29) is 0 Å². The molecule has 0 aliphatic carbocycles. The highest BCUT2D eigenvalue weighted by Gasteiger charge is 2.06. The van der Waals surface area contributed by atoms with E-state index in [9.17, 15) is 0 Å². The van der Waals surface area contributed by atoms with Crippen molar-refractivity contribution < 1.29 is 0 Å². The Morgan fingerprint density at radius 1 is 1.32 bits per heavy atom. The number of aryl methyl sites for hydroxylation is 2. The predicted molar refractivity (Wildman–Crippen MR) is 109 cm³/mol. The molecule has 132 valence electrons. The van der Waals surface area contributed by atoms with Crippen LogP contribution in [0.3, 0.4) is 0 Å². The summed E-state index contributed by atoms with van der Waals surface area (Å²) in [4.78, 5) is 10.2. The zero-order valence-corrected chi connectivity index (χ0v) is 16.8. The van der Waals surface area contributed by atoms with Gasteiger partial charge in [0.1, 0.15) is 5.82 Å². The molecule has 0 bridgehead atoms. The maximum absolute atomic E-state index is 4.61. The lowest BCUT2D eigenvalue weighted by Crippen LogP contribution is -2.37. The fraction of sp³-hybridized carbons (Fsp3) is 0.333. The van der Waals surface area contributed by atoms with Crippen LogP contribution < -0.4 is 10.6 Å². The Kier molecular flexibility index (Phi) is 6.09. The molecule has 0 radical (unpaired) electrons. The summed E-state index contributed by atoms with van der Waals surface area (Å²) >= 11 is 5.21. The lowest BCUT2D eigenvalue weighted by molar-refractivity contribution is 0.624. The molecule has 0 saturated carbocycles. The van der Waals surface area contributed by atoms with Gasteiger partial charge < -0.3 is 15.2 Å². The Balaban J connectivity index is 1.47. The summed E-state index contributed by atoms with van der Waals surface area (Å²) in [5.41, 5.74) is 2.26. The number of hydrogen-bond acceptors (Lipinski definition) is 3. The molecule has 25 heavy (non-hydrogen) atoms. The van der Waals surface area contributed by atoms with Crippen LogP contribution in [-0.2, 0) is 13.1 Å². The molecule has 0 aliphatic heterocycles. The van der Waals surface area contributed by atoms with Gasteiger partial charge in [-0.3, -0.25) is 4.99 Å². The van der Waals surface area contributed by atoms with Gasteiger partial charge in [-0.1, -0.05) is 12.1 Å². The van der Waals surface area contributed by atoms with Crippen molar-refractivity contribution in [2.45, 2.75) is 26.4 Å². The number of rotatable bonds is 6. The second-order valence-electron chi connectivity index (χ2n) is 5.74. The third-order valence-corrected chi connectivity index (χ3v) is 5.67. The van der Waals surface area contributed by atoms with Crippen molar-refractivity contribution in [2.24, 2.45) is 4.99 Å². The van der Waals surface area contributed by atoms with Gasteiger partial charge >= 0.3 is 0 Å². The number of guanidine groups is 1. The molecule has 0 unspecified atom stereocenters. The molecule has 0 amide bonds. The number of benzene rings is 1. The molecule has 0 atom stereocenters. The number of imidazole rings is 1. The van der Waals surface area contributed by atoms with Gasteiger partial charge in [-0.25, -0.2) is 4.98 Å². The lowest BCUT2D eigenvalue weighted by atomic mass is 10.3. The molecule has 7 heteroatoms. The predicted octanol–water partition coefficient (Wildman–Crippen LogP) is 3.92. The zero-order chi connectivity index (χ0) is 17.6. The van der Waals surface area contributed by atoms with Crippen molar-refractivity contribution in [2.75, 3.05) is 13.6 Å². The minimum absolute atomic E-state index is 0.779. The molecule has 0 aliphatic rings. The number of aromatic nitrogens is 2. The normalized spacial score (nSPS) is 11.9. The highest BCUT2D eigenvalue weighted by Crippen LogP contribution is 2.19. The summed E-state index contributed by atoms with van der Waals surface area (Å²) in [7, 11) is 1.80. The smallest absolute Gasteiger partial charge is 0.191 e. The minimum Gasteiger partial charge on any atom is -0.356 e. The Hall–Kier alpha value is -1.86. The first kappa shape index (κ1) is 17.9. The monoisotopic (exact) mass is 419 g/mol. The van der Waals surface area contributed by atoms with Gasteiger partial charge in [0.25, 0.3) is 0 Å². The third kappa shape index (κ3) is 4.61. The number of nitrogens with zero attached hydrogens (tertiary/aromatic N) is 3. The van der Waals surface area contributed by atoms with E-state index >= 15 is 0 Å². The summed E-state index contributed by atoms with van der Waals surface area (Å²) in [5.74, 6) is 1.89. The van der Waals surface area contributed by atoms with Crippen LogP contribution in [0.4, 0.5) is 0 Å². The number of hydrogen-bond donors (Lipinski definition) is 2. The highest BCUT2D eigenvalue weighted by molar-refractivity contribution is 9.10. The molecule has 0 saturated heterocycles. The Morgan fingerprint density at radius 2 is 2.16 bits per heavy atom. The average Bonchev–Trinajstić information content (AvgIpc) is 3.17. The summed E-state index contributed by atoms with van der Waals surface area (Å²) in [6, 6.07) is 10.4. The van der Waals surface area contributed by atoms with Gasteiger partial charge in [0.15, 0.2) is 5.96 Å². The van der Waals surface area contributed by atoms with E-state index in [1.54, 1.807) is 18.4 Å². The van der Waals surface area contributed by atoms with Crippen molar-refractivity contribution in [3.8, 4) is 0 Å². The van der Waals surface area contributed by atoms with Crippen molar-refractivity contribution in [3.63, 3.8) is 0 Å². The van der Waals surface area contributed by atoms with Crippen molar-refractivity contribution in [3.05, 3.63) is 50.9 Å². The minimum atomic E-state index is 0.779. The van der Waals surface area contributed by atoms with Gasteiger partial charge in [-0.2, -0.15) is 0 Å². The van der Waals surface area contributed by atoms with Gasteiger partial charge in [0.2, 0.25) is 0 Å². The van der Waals surface area contributed by atoms with Gasteiger partial charge in [-0.15, -0.1) is 11.3 Å². The van der Waals surface area contributed by atoms with E-state index in [1.165, 1.54) is 10.4 Å². The number of halogens is 1. The topological polar surface area (TPSA) is 54.2 Å². The second-order valence-corrected chi connectivity index (χ2v) is 7.65. The maximum atomic E-state index is 4.61. The number of para-hydroxylation sites is 2. The molecule has 2 N–H and O–H groups in total. The van der Waals surface area contributed by atoms with Crippen molar-refractivity contribution in [1.29, 1.82) is 0 Å². The molecular formula is C18H22BrN5S. The molecule has 0 spiro atoms. The molecule has 1 aromatic carbocycles. The van der Waals surface area contributed by atoms with Crippen LogP contribution in [0, 0.1) is 6.92 Å². The van der Waals surface area contributed by atoms with Gasteiger partial charge in [0.05, 0.1) is 17.6 Å². The SMILES string of the molecule is CN=C(NCCCn1c(C)nc2ccccc21)NCc1cc(Br)cs1. The maximum Gasteiger partial charge on any atom is 0.191 e. The van der Waals surface area contributed by atoms with E-state index in [2.05, 4.69) is 77.7 Å². The fourth-order valence-electron chi connectivity index (χ4n) is 2.76. The van der Waals surface area contributed by atoms with Crippen LogP contribution in [0.15, 0.2) is 45.2 Å². The number of fused-ring (bicyclic) bond motifs is 1. The summed E-state index contributed by atoms with van der Waals surface area (Å²) in [6.07, 6.45) is 1.01. The molecule has 3 aromatic rings. The second kappa shape index (κ2) is 8.49. The summed E-state index contributed by atoms with van der Waals surface area (Å²) < 4.78 is 3.40. The molecule has 0 fully saturated rings. The first-order valence-corrected chi connectivity index (χ1v) is 9.94. The molecule has 2 aromatic heterocycles. The number of nitrogens with one attached hydrogen (secondary N) is 2. The fourth-order valence-corrected chi connectivity index (χ4v) is 4.15. The Morgan fingerprint density at radius 3 is 2.92 bits per heavy atom. The van der Waals surface area contributed by atoms with Crippen molar-refractivity contribution in [1.82, 2.24) is 20.2 Å². The zero-order valence-electron chi connectivity index (χ0n) is 14.4. The Bertz CT molecular complexity index is 867. The molecule has 3 rings (SSSR count). The lowest BCUT2D eigenvalue weighted by Gasteiger charge is -2.12. The van der Waals surface area contributed by atoms with Crippen LogP contribution in [0.25, 0.3) is 11.0 Å². The van der Waals surface area contributed by atoms with E-state index < -0.39 is 0 Å². The first-order chi connectivity index (χ1) is 12.2. The largest absolute Gasteiger partial charge is 0.356 e. The highest BCUT2D eigenvalue weighted by atomic mass is 79.9. The average molecular weight is 420 g/mol. The van der Waals surface area contributed by atoms with Crippen LogP contribution in [0.1, 0.15) is 17.1 Å². The van der Waals surface area contributed by atoms with Gasteiger partial charge in [0, 0.05) is 34.9 Å². The number of thiophene rings is 1. The third-order valence-electron chi connectivity index (χ3n) is 3.97. The van der Waals surface area contributed by atoms with Crippen molar-refractivity contribution >= 4 is 44.3 Å². The van der Waals surface area contributed by atoms with E-state index in [4.69, 9.17) is 0 Å². The molecular weight excluding hydrogens is 398 g/mol. The van der Waals surface area contributed by atoms with E-state index in [0.717, 1.165) is 47.8 Å². The standard InChI is InChI=1S/C18H22BrN5S/c1-13-23-16-6-3-4-7-17(16)24(13)9-5-8-21-18(20-2)22-11-15-10-14(19)12-25-15/h3-4,6-7,10,12H,5,8-9,11H2,1-2H3,(H2,20,21,22). The quantitative estimate of drug-likeness (QED) is 0.361. The van der Waals surface area contributed by atoms with Crippen LogP contribution in [-0.4, -0.2) is 29.1 Å². The summed E-state index contributed by atoms with van der Waals surface area (Å²) in [6.45, 7) is 4.64. The van der Waals surface area contributed by atoms with E-state index in [1.807, 2.05) is 6.07 Å². The molecule has 5 nitrogen and oxygen atoms in total. The Labute approximate surface area is 160 Å². The van der Waals surface area contributed by atoms with Crippen LogP contribution >= 0.6 is 27.3 Å². The van der Waals surface area contributed by atoms with Crippen LogP contribution in [0.5, 0.6) is 0 Å². The van der Waals surface area contributed by atoms with Gasteiger partial charge in [-0.05, 0) is 47.5 Å². The summed E-state index contributed by atoms with van der Waals surface area (Å²) in [5, 5.41) is 8.81.